The van der Waals surface area contributed by atoms with Crippen LogP contribution in [0.15, 0.2) is 24.4 Å². The summed E-state index contributed by atoms with van der Waals surface area (Å²) in [6.07, 6.45) is 1.34. The van der Waals surface area contributed by atoms with E-state index in [1.807, 2.05) is 0 Å². The molecule has 1 aromatic carbocycles. The van der Waals surface area contributed by atoms with E-state index in [2.05, 4.69) is 5.10 Å². The van der Waals surface area contributed by atoms with Crippen LogP contribution >= 0.6 is 23.2 Å². The topological polar surface area (TPSA) is 44.1 Å². The summed E-state index contributed by atoms with van der Waals surface area (Å²) in [7, 11) is 1.53. The van der Waals surface area contributed by atoms with Gasteiger partial charge in [0.1, 0.15) is 5.69 Å². The van der Waals surface area contributed by atoms with Crippen LogP contribution < -0.4 is 0 Å². The Morgan fingerprint density at radius 1 is 1.40 bits per heavy atom. The van der Waals surface area contributed by atoms with Gasteiger partial charge < -0.3 is 4.74 Å². The van der Waals surface area contributed by atoms with Gasteiger partial charge in [-0.1, -0.05) is 29.3 Å². The molecule has 0 aliphatic heterocycles. The number of methoxy groups -OCH3 is 1. The Morgan fingerprint density at radius 2 is 2.15 bits per heavy atom. The molecule has 0 atom stereocenters. The molecule has 0 amide bonds. The quantitative estimate of drug-likeness (QED) is 0.796. The van der Waals surface area contributed by atoms with Gasteiger partial charge in [0, 0.05) is 7.11 Å². The van der Waals surface area contributed by atoms with E-state index in [1.54, 1.807) is 0 Å². The number of hydrogen-bond donors (Lipinski definition) is 0. The van der Waals surface area contributed by atoms with E-state index in [0.717, 1.165) is 0 Å². The number of ketones is 1. The maximum Gasteiger partial charge on any atom is 0.215 e. The van der Waals surface area contributed by atoms with Crippen molar-refractivity contribution < 1.29 is 13.9 Å². The second kappa shape index (κ2) is 6.35. The lowest BCUT2D eigenvalue weighted by Crippen LogP contribution is -2.15. The van der Waals surface area contributed by atoms with Crippen LogP contribution in [0, 0.1) is 5.82 Å². The molecule has 0 N–H and O–H groups in total. The number of carbonyl (C=O) groups excluding carboxylic acids is 1. The number of rotatable bonds is 5. The number of halogens is 3. The average Bonchev–Trinajstić information content (AvgIpc) is 2.80. The summed E-state index contributed by atoms with van der Waals surface area (Å²) in [5, 5.41) is 4.02. The normalized spacial score (nSPS) is 10.8. The predicted octanol–water partition coefficient (Wildman–Crippen LogP) is 3.21. The predicted molar refractivity (Wildman–Crippen MR) is 74.0 cm³/mol. The molecule has 0 saturated carbocycles. The third-order valence-electron chi connectivity index (χ3n) is 2.71. The molecule has 20 heavy (non-hydrogen) atoms. The fraction of sp³-hybridized carbons (Fsp3) is 0.231. The standard InChI is InChI=1S/C13H11Cl2FN2O2/c1-20-6-5-18-12(10(15)7-17-18)13(19)8-3-2-4-9(14)11(8)16/h2-4,7H,5-6H2,1H3. The average molecular weight is 317 g/mol. The molecule has 0 spiro atoms. The Kier molecular flexibility index (Phi) is 4.75. The molecule has 0 aliphatic rings. The van der Waals surface area contributed by atoms with Crippen LogP contribution in [-0.2, 0) is 11.3 Å². The van der Waals surface area contributed by atoms with Crippen LogP contribution in [-0.4, -0.2) is 29.3 Å². The third kappa shape index (κ3) is 2.85. The summed E-state index contributed by atoms with van der Waals surface area (Å²) in [4.78, 5) is 12.4. The largest absolute Gasteiger partial charge is 0.383 e. The molecule has 0 aliphatic carbocycles. The zero-order valence-electron chi connectivity index (χ0n) is 10.6. The van der Waals surface area contributed by atoms with Crippen molar-refractivity contribution in [2.24, 2.45) is 0 Å². The molecule has 0 radical (unpaired) electrons. The lowest BCUT2D eigenvalue weighted by Gasteiger charge is -2.08. The van der Waals surface area contributed by atoms with Crippen molar-refractivity contribution in [1.82, 2.24) is 9.78 Å². The van der Waals surface area contributed by atoms with Crippen molar-refractivity contribution >= 4 is 29.0 Å². The molecule has 4 nitrogen and oxygen atoms in total. The van der Waals surface area contributed by atoms with Gasteiger partial charge in [0.25, 0.3) is 0 Å². The Labute approximate surface area is 125 Å². The van der Waals surface area contributed by atoms with E-state index in [-0.39, 0.29) is 21.3 Å². The van der Waals surface area contributed by atoms with E-state index < -0.39 is 11.6 Å². The fourth-order valence-electron chi connectivity index (χ4n) is 1.74. The summed E-state index contributed by atoms with van der Waals surface area (Å²) in [6, 6.07) is 4.23. The van der Waals surface area contributed by atoms with Crippen molar-refractivity contribution in [3.05, 3.63) is 51.5 Å². The highest BCUT2D eigenvalue weighted by molar-refractivity contribution is 6.35. The first kappa shape index (κ1) is 15.0. The molecule has 0 fully saturated rings. The van der Waals surface area contributed by atoms with E-state index >= 15 is 0 Å². The summed E-state index contributed by atoms with van der Waals surface area (Å²) in [6.45, 7) is 0.697. The number of ether oxygens (including phenoxy) is 1. The number of benzene rings is 1. The number of nitrogens with zero attached hydrogens (tertiary/aromatic N) is 2. The van der Waals surface area contributed by atoms with Gasteiger partial charge in [-0.2, -0.15) is 5.10 Å². The molecule has 0 bridgehead atoms. The molecule has 2 aromatic rings. The van der Waals surface area contributed by atoms with Gasteiger partial charge in [0.15, 0.2) is 5.82 Å². The summed E-state index contributed by atoms with van der Waals surface area (Å²) < 4.78 is 20.2. The van der Waals surface area contributed by atoms with Gasteiger partial charge in [0.2, 0.25) is 5.78 Å². The fourth-order valence-corrected chi connectivity index (χ4v) is 2.14. The lowest BCUT2D eigenvalue weighted by atomic mass is 10.1. The van der Waals surface area contributed by atoms with Crippen molar-refractivity contribution in [2.45, 2.75) is 6.54 Å². The van der Waals surface area contributed by atoms with Crippen LogP contribution in [0.2, 0.25) is 10.0 Å². The number of hydrogen-bond acceptors (Lipinski definition) is 3. The Morgan fingerprint density at radius 3 is 2.85 bits per heavy atom. The molecule has 7 heteroatoms. The zero-order valence-corrected chi connectivity index (χ0v) is 12.1. The second-order valence-corrected chi connectivity index (χ2v) is 4.80. The minimum Gasteiger partial charge on any atom is -0.383 e. The van der Waals surface area contributed by atoms with Gasteiger partial charge in [-0.3, -0.25) is 9.48 Å². The SMILES string of the molecule is COCCn1ncc(Cl)c1C(=O)c1cccc(Cl)c1F. The maximum atomic E-state index is 13.9. The zero-order chi connectivity index (χ0) is 14.7. The minimum atomic E-state index is -0.769. The first-order valence-corrected chi connectivity index (χ1v) is 6.50. The lowest BCUT2D eigenvalue weighted by molar-refractivity contribution is 0.102. The van der Waals surface area contributed by atoms with E-state index in [4.69, 9.17) is 27.9 Å². The third-order valence-corrected chi connectivity index (χ3v) is 3.28. The second-order valence-electron chi connectivity index (χ2n) is 3.99. The first-order valence-electron chi connectivity index (χ1n) is 5.75. The Balaban J connectivity index is 2.43. The molecule has 0 saturated heterocycles. The minimum absolute atomic E-state index is 0.116. The summed E-state index contributed by atoms with van der Waals surface area (Å²) >= 11 is 11.6. The number of aromatic nitrogens is 2. The van der Waals surface area contributed by atoms with Crippen molar-refractivity contribution in [3.8, 4) is 0 Å². The Bertz CT molecular complexity index is 643. The van der Waals surface area contributed by atoms with Crippen LogP contribution in [0.4, 0.5) is 4.39 Å². The number of carbonyl (C=O) groups is 1. The maximum absolute atomic E-state index is 13.9. The van der Waals surface area contributed by atoms with Crippen LogP contribution in [0.25, 0.3) is 0 Å². The molecule has 1 aromatic heterocycles. The van der Waals surface area contributed by atoms with Gasteiger partial charge in [0.05, 0.1) is 35.0 Å². The first-order chi connectivity index (χ1) is 9.56. The van der Waals surface area contributed by atoms with Crippen LogP contribution in [0.5, 0.6) is 0 Å². The highest BCUT2D eigenvalue weighted by Crippen LogP contribution is 2.24. The van der Waals surface area contributed by atoms with Crippen molar-refractivity contribution in [3.63, 3.8) is 0 Å². The van der Waals surface area contributed by atoms with Crippen LogP contribution in [0.1, 0.15) is 16.1 Å². The highest BCUT2D eigenvalue weighted by atomic mass is 35.5. The molecule has 106 valence electrons. The molecular formula is C13H11Cl2FN2O2. The molecular weight excluding hydrogens is 306 g/mol. The van der Waals surface area contributed by atoms with Crippen molar-refractivity contribution in [1.29, 1.82) is 0 Å². The van der Waals surface area contributed by atoms with E-state index in [0.29, 0.717) is 13.2 Å². The van der Waals surface area contributed by atoms with Crippen LogP contribution in [0.3, 0.4) is 0 Å². The molecule has 1 heterocycles. The van der Waals surface area contributed by atoms with E-state index in [9.17, 15) is 9.18 Å². The molecule has 0 unspecified atom stereocenters. The highest BCUT2D eigenvalue weighted by Gasteiger charge is 2.22. The van der Waals surface area contributed by atoms with Crippen molar-refractivity contribution in [2.75, 3.05) is 13.7 Å². The summed E-state index contributed by atoms with van der Waals surface area (Å²) in [5.41, 5.74) is -0.0246. The van der Waals surface area contributed by atoms with Gasteiger partial charge in [-0.25, -0.2) is 4.39 Å². The Hall–Kier alpha value is -1.43. The van der Waals surface area contributed by atoms with E-state index in [1.165, 1.54) is 36.2 Å². The van der Waals surface area contributed by atoms with Gasteiger partial charge in [-0.15, -0.1) is 0 Å². The van der Waals surface area contributed by atoms with Gasteiger partial charge in [-0.05, 0) is 12.1 Å². The smallest absolute Gasteiger partial charge is 0.215 e. The monoisotopic (exact) mass is 316 g/mol. The summed E-state index contributed by atoms with van der Waals surface area (Å²) in [5.74, 6) is -1.33. The molecule has 2 rings (SSSR count). The van der Waals surface area contributed by atoms with Gasteiger partial charge >= 0.3 is 0 Å².